The van der Waals surface area contributed by atoms with Gasteiger partial charge in [-0.1, -0.05) is 6.42 Å². The lowest BCUT2D eigenvalue weighted by Crippen LogP contribution is -2.44. The fraction of sp³-hybridized carbons (Fsp3) is 0.923. The number of hydrogen-bond donors (Lipinski definition) is 1. The van der Waals surface area contributed by atoms with Crippen LogP contribution in [0.4, 0.5) is 0 Å². The van der Waals surface area contributed by atoms with Gasteiger partial charge in [-0.2, -0.15) is 0 Å². The van der Waals surface area contributed by atoms with Crippen LogP contribution in [0.5, 0.6) is 0 Å². The van der Waals surface area contributed by atoms with Crippen LogP contribution in [0.2, 0.25) is 0 Å². The van der Waals surface area contributed by atoms with Crippen molar-refractivity contribution in [3.63, 3.8) is 0 Å². The number of carbonyl (C=O) groups excluding carboxylic acids is 1. The highest BCUT2D eigenvalue weighted by Gasteiger charge is 2.23. The first-order chi connectivity index (χ1) is 7.77. The molecule has 2 aliphatic rings. The Bertz CT molecular complexity index is 238. The van der Waals surface area contributed by atoms with Crippen molar-refractivity contribution in [1.82, 2.24) is 10.2 Å². The fourth-order valence-electron chi connectivity index (χ4n) is 2.61. The van der Waals surface area contributed by atoms with Crippen molar-refractivity contribution in [2.75, 3.05) is 13.1 Å². The van der Waals surface area contributed by atoms with Crippen LogP contribution in [0.25, 0.3) is 0 Å². The van der Waals surface area contributed by atoms with Gasteiger partial charge < -0.3 is 10.2 Å². The van der Waals surface area contributed by atoms with E-state index in [1.165, 1.54) is 38.5 Å². The maximum atomic E-state index is 12.0. The van der Waals surface area contributed by atoms with Crippen LogP contribution in [0.1, 0.15) is 51.9 Å². The zero-order valence-corrected chi connectivity index (χ0v) is 10.4. The first-order valence-electron chi connectivity index (χ1n) is 6.80. The van der Waals surface area contributed by atoms with Crippen LogP contribution in [-0.4, -0.2) is 36.0 Å². The van der Waals surface area contributed by atoms with E-state index in [9.17, 15) is 4.79 Å². The normalized spacial score (nSPS) is 26.6. The molecule has 1 atom stereocenters. The molecule has 1 saturated heterocycles. The maximum absolute atomic E-state index is 12.0. The minimum Gasteiger partial charge on any atom is -0.340 e. The van der Waals surface area contributed by atoms with Crippen molar-refractivity contribution >= 4 is 5.91 Å². The van der Waals surface area contributed by atoms with E-state index in [0.717, 1.165) is 13.1 Å². The van der Waals surface area contributed by atoms with Gasteiger partial charge >= 0.3 is 0 Å². The third-order valence-electron chi connectivity index (χ3n) is 4.00. The number of nitrogens with zero attached hydrogens (tertiary/aromatic N) is 1. The number of piperidine rings is 1. The molecular weight excluding hydrogens is 200 g/mol. The standard InChI is InChI=1S/C13H24N2O/c1-11-5-2-3-10-15(11)13(16)8-9-14-12-6-4-7-12/h11-12,14H,2-10H2,1H3. The Labute approximate surface area is 98.6 Å². The number of rotatable bonds is 4. The molecule has 16 heavy (non-hydrogen) atoms. The van der Waals surface area contributed by atoms with E-state index in [4.69, 9.17) is 0 Å². The summed E-state index contributed by atoms with van der Waals surface area (Å²) in [6, 6.07) is 1.16. The van der Waals surface area contributed by atoms with E-state index in [1.807, 2.05) is 0 Å². The summed E-state index contributed by atoms with van der Waals surface area (Å²) < 4.78 is 0. The number of likely N-dealkylation sites (tertiary alicyclic amines) is 1. The van der Waals surface area contributed by atoms with Gasteiger partial charge in [0.2, 0.25) is 5.91 Å². The lowest BCUT2D eigenvalue weighted by Gasteiger charge is -2.34. The van der Waals surface area contributed by atoms with Crippen molar-refractivity contribution in [3.05, 3.63) is 0 Å². The molecule has 1 heterocycles. The molecule has 0 radical (unpaired) electrons. The molecule has 0 aromatic carbocycles. The van der Waals surface area contributed by atoms with E-state index in [1.54, 1.807) is 0 Å². The highest BCUT2D eigenvalue weighted by atomic mass is 16.2. The van der Waals surface area contributed by atoms with E-state index >= 15 is 0 Å². The lowest BCUT2D eigenvalue weighted by atomic mass is 9.93. The smallest absolute Gasteiger partial charge is 0.224 e. The molecule has 1 aliphatic heterocycles. The van der Waals surface area contributed by atoms with E-state index in [-0.39, 0.29) is 0 Å². The van der Waals surface area contributed by atoms with Crippen LogP contribution >= 0.6 is 0 Å². The average Bonchev–Trinajstić information content (AvgIpc) is 2.22. The molecule has 2 fully saturated rings. The molecule has 92 valence electrons. The van der Waals surface area contributed by atoms with Gasteiger partial charge in [-0.15, -0.1) is 0 Å². The highest BCUT2D eigenvalue weighted by molar-refractivity contribution is 5.76. The van der Waals surface area contributed by atoms with Gasteiger partial charge in [-0.05, 0) is 39.0 Å². The van der Waals surface area contributed by atoms with Crippen LogP contribution in [0, 0.1) is 0 Å². The zero-order valence-electron chi connectivity index (χ0n) is 10.4. The Hall–Kier alpha value is -0.570. The zero-order chi connectivity index (χ0) is 11.4. The molecule has 1 unspecified atom stereocenters. The van der Waals surface area contributed by atoms with Crippen molar-refractivity contribution < 1.29 is 4.79 Å². The predicted molar refractivity (Wildman–Crippen MR) is 65.3 cm³/mol. The molecule has 1 aliphatic carbocycles. The molecule has 1 N–H and O–H groups in total. The third kappa shape index (κ3) is 2.97. The minimum atomic E-state index is 0.346. The van der Waals surface area contributed by atoms with Gasteiger partial charge in [0.05, 0.1) is 0 Å². The average molecular weight is 224 g/mol. The Morgan fingerprint density at radius 1 is 1.25 bits per heavy atom. The van der Waals surface area contributed by atoms with Gasteiger partial charge in [0, 0.05) is 31.6 Å². The van der Waals surface area contributed by atoms with Crippen molar-refractivity contribution in [1.29, 1.82) is 0 Å². The number of carbonyl (C=O) groups is 1. The second-order valence-corrected chi connectivity index (χ2v) is 5.26. The monoisotopic (exact) mass is 224 g/mol. The van der Waals surface area contributed by atoms with Gasteiger partial charge in [-0.3, -0.25) is 4.79 Å². The van der Waals surface area contributed by atoms with Crippen molar-refractivity contribution in [2.24, 2.45) is 0 Å². The maximum Gasteiger partial charge on any atom is 0.224 e. The van der Waals surface area contributed by atoms with Crippen LogP contribution < -0.4 is 5.32 Å². The molecule has 3 nitrogen and oxygen atoms in total. The fourth-order valence-corrected chi connectivity index (χ4v) is 2.61. The number of nitrogens with one attached hydrogen (secondary N) is 1. The summed E-state index contributed by atoms with van der Waals surface area (Å²) in [5, 5.41) is 3.46. The summed E-state index contributed by atoms with van der Waals surface area (Å²) in [5.41, 5.74) is 0. The van der Waals surface area contributed by atoms with Gasteiger partial charge in [0.15, 0.2) is 0 Å². The highest BCUT2D eigenvalue weighted by Crippen LogP contribution is 2.19. The quantitative estimate of drug-likeness (QED) is 0.791. The summed E-state index contributed by atoms with van der Waals surface area (Å²) in [6.45, 7) is 4.02. The minimum absolute atomic E-state index is 0.346. The Balaban J connectivity index is 1.65. The van der Waals surface area contributed by atoms with Gasteiger partial charge in [-0.25, -0.2) is 0 Å². The second kappa shape index (κ2) is 5.67. The summed E-state index contributed by atoms with van der Waals surface area (Å²) in [7, 11) is 0. The predicted octanol–water partition coefficient (Wildman–Crippen LogP) is 1.92. The summed E-state index contributed by atoms with van der Waals surface area (Å²) in [4.78, 5) is 14.1. The summed E-state index contributed by atoms with van der Waals surface area (Å²) in [6.07, 6.45) is 8.29. The molecule has 0 aromatic rings. The van der Waals surface area contributed by atoms with Gasteiger partial charge in [0.1, 0.15) is 0 Å². The molecule has 0 spiro atoms. The molecule has 2 rings (SSSR count). The van der Waals surface area contributed by atoms with E-state index < -0.39 is 0 Å². The topological polar surface area (TPSA) is 32.3 Å². The molecular formula is C13H24N2O. The molecule has 0 aromatic heterocycles. The largest absolute Gasteiger partial charge is 0.340 e. The van der Waals surface area contributed by atoms with Crippen LogP contribution in [-0.2, 0) is 4.79 Å². The summed E-state index contributed by atoms with van der Waals surface area (Å²) in [5.74, 6) is 0.346. The third-order valence-corrected chi connectivity index (χ3v) is 4.00. The SMILES string of the molecule is CC1CCCCN1C(=O)CCNC1CCC1. The second-order valence-electron chi connectivity index (χ2n) is 5.26. The first kappa shape index (κ1) is 11.9. The van der Waals surface area contributed by atoms with Crippen LogP contribution in [0.3, 0.4) is 0 Å². The molecule has 0 bridgehead atoms. The van der Waals surface area contributed by atoms with Crippen LogP contribution in [0.15, 0.2) is 0 Å². The Kier molecular flexibility index (Phi) is 4.22. The van der Waals surface area contributed by atoms with Gasteiger partial charge in [0.25, 0.3) is 0 Å². The molecule has 1 saturated carbocycles. The number of hydrogen-bond acceptors (Lipinski definition) is 2. The molecule has 3 heteroatoms. The first-order valence-corrected chi connectivity index (χ1v) is 6.80. The summed E-state index contributed by atoms with van der Waals surface area (Å²) >= 11 is 0. The Morgan fingerprint density at radius 2 is 2.06 bits per heavy atom. The van der Waals surface area contributed by atoms with E-state index in [0.29, 0.717) is 24.4 Å². The number of amides is 1. The Morgan fingerprint density at radius 3 is 2.69 bits per heavy atom. The van der Waals surface area contributed by atoms with E-state index in [2.05, 4.69) is 17.1 Å². The van der Waals surface area contributed by atoms with Crippen molar-refractivity contribution in [2.45, 2.75) is 64.0 Å². The van der Waals surface area contributed by atoms with Crippen molar-refractivity contribution in [3.8, 4) is 0 Å². The molecule has 1 amide bonds. The lowest BCUT2D eigenvalue weighted by molar-refractivity contribution is -0.134.